The second-order valence-electron chi connectivity index (χ2n) is 4.29. The molecule has 0 spiro atoms. The molecule has 19 heavy (non-hydrogen) atoms. The van der Waals surface area contributed by atoms with Crippen LogP contribution in [0.4, 0.5) is 0 Å². The van der Waals surface area contributed by atoms with Gasteiger partial charge >= 0.3 is 0 Å². The molecule has 0 aliphatic carbocycles. The Kier molecular flexibility index (Phi) is 4.17. The summed E-state index contributed by atoms with van der Waals surface area (Å²) in [4.78, 5) is 0. The van der Waals surface area contributed by atoms with E-state index >= 15 is 0 Å². The number of para-hydroxylation sites is 1. The van der Waals surface area contributed by atoms with Crippen LogP contribution in [0, 0.1) is 11.3 Å². The molecule has 0 heterocycles. The molecule has 2 aromatic carbocycles. The van der Waals surface area contributed by atoms with Gasteiger partial charge in [-0.2, -0.15) is 5.26 Å². The molecule has 3 heteroatoms. The SMILES string of the molecule is CC[C@H](N)c1ccc(Oc2ccccc2C#N)cc1. The maximum Gasteiger partial charge on any atom is 0.145 e. The molecule has 0 bridgehead atoms. The minimum Gasteiger partial charge on any atom is -0.456 e. The smallest absolute Gasteiger partial charge is 0.145 e. The molecule has 0 fully saturated rings. The third kappa shape index (κ3) is 3.12. The zero-order chi connectivity index (χ0) is 13.7. The fourth-order valence-electron chi connectivity index (χ4n) is 1.79. The van der Waals surface area contributed by atoms with Crippen molar-refractivity contribution in [2.45, 2.75) is 19.4 Å². The second-order valence-corrected chi connectivity index (χ2v) is 4.29. The van der Waals surface area contributed by atoms with Crippen LogP contribution < -0.4 is 10.5 Å². The highest BCUT2D eigenvalue weighted by Crippen LogP contribution is 2.26. The quantitative estimate of drug-likeness (QED) is 0.901. The summed E-state index contributed by atoms with van der Waals surface area (Å²) < 4.78 is 5.71. The molecule has 0 radical (unpaired) electrons. The van der Waals surface area contributed by atoms with Gasteiger partial charge in [0.25, 0.3) is 0 Å². The molecule has 0 saturated heterocycles. The maximum absolute atomic E-state index is 9.00. The zero-order valence-electron chi connectivity index (χ0n) is 10.8. The van der Waals surface area contributed by atoms with Gasteiger partial charge < -0.3 is 10.5 Å². The summed E-state index contributed by atoms with van der Waals surface area (Å²) in [5.74, 6) is 1.27. The average molecular weight is 252 g/mol. The summed E-state index contributed by atoms with van der Waals surface area (Å²) >= 11 is 0. The fraction of sp³-hybridized carbons (Fsp3) is 0.188. The lowest BCUT2D eigenvalue weighted by atomic mass is 10.1. The van der Waals surface area contributed by atoms with E-state index in [0.29, 0.717) is 17.1 Å². The van der Waals surface area contributed by atoms with Crippen molar-refractivity contribution in [3.63, 3.8) is 0 Å². The Hall–Kier alpha value is -2.31. The number of rotatable bonds is 4. The maximum atomic E-state index is 9.00. The predicted octanol–water partition coefficient (Wildman–Crippen LogP) is 3.76. The Bertz CT molecular complexity index is 584. The average Bonchev–Trinajstić information content (AvgIpc) is 2.48. The van der Waals surface area contributed by atoms with Crippen molar-refractivity contribution in [1.82, 2.24) is 0 Å². The van der Waals surface area contributed by atoms with Crippen LogP contribution in [0.5, 0.6) is 11.5 Å². The Morgan fingerprint density at radius 2 is 1.84 bits per heavy atom. The van der Waals surface area contributed by atoms with Crippen LogP contribution in [0.2, 0.25) is 0 Å². The van der Waals surface area contributed by atoms with Crippen LogP contribution >= 0.6 is 0 Å². The van der Waals surface area contributed by atoms with Crippen LogP contribution in [0.25, 0.3) is 0 Å². The summed E-state index contributed by atoms with van der Waals surface area (Å²) in [6.07, 6.45) is 0.900. The van der Waals surface area contributed by atoms with Crippen LogP contribution in [0.3, 0.4) is 0 Å². The third-order valence-corrected chi connectivity index (χ3v) is 2.98. The van der Waals surface area contributed by atoms with Gasteiger partial charge in [0.15, 0.2) is 0 Å². The fourth-order valence-corrected chi connectivity index (χ4v) is 1.79. The van der Waals surface area contributed by atoms with Gasteiger partial charge in [0.05, 0.1) is 5.56 Å². The monoisotopic (exact) mass is 252 g/mol. The zero-order valence-corrected chi connectivity index (χ0v) is 10.8. The first-order valence-corrected chi connectivity index (χ1v) is 6.27. The predicted molar refractivity (Wildman–Crippen MR) is 74.9 cm³/mol. The van der Waals surface area contributed by atoms with E-state index in [1.54, 1.807) is 12.1 Å². The molecule has 2 rings (SSSR count). The normalized spacial score (nSPS) is 11.6. The molecule has 0 aliphatic heterocycles. The van der Waals surface area contributed by atoms with Gasteiger partial charge in [-0.3, -0.25) is 0 Å². The number of hydrogen-bond acceptors (Lipinski definition) is 3. The topological polar surface area (TPSA) is 59.0 Å². The van der Waals surface area contributed by atoms with E-state index in [1.165, 1.54) is 0 Å². The molecule has 0 saturated carbocycles. The van der Waals surface area contributed by atoms with Crippen molar-refractivity contribution in [3.8, 4) is 17.6 Å². The molecule has 3 nitrogen and oxygen atoms in total. The molecule has 0 aliphatic rings. The number of nitrogens with zero attached hydrogens (tertiary/aromatic N) is 1. The van der Waals surface area contributed by atoms with Crippen molar-refractivity contribution in [1.29, 1.82) is 5.26 Å². The highest BCUT2D eigenvalue weighted by atomic mass is 16.5. The van der Waals surface area contributed by atoms with Crippen LogP contribution in [-0.2, 0) is 0 Å². The summed E-state index contributed by atoms with van der Waals surface area (Å²) in [6, 6.07) is 17.0. The summed E-state index contributed by atoms with van der Waals surface area (Å²) in [5, 5.41) is 9.00. The Morgan fingerprint density at radius 1 is 1.16 bits per heavy atom. The highest BCUT2D eigenvalue weighted by Gasteiger charge is 2.05. The molecule has 96 valence electrons. The van der Waals surface area contributed by atoms with E-state index in [4.69, 9.17) is 15.7 Å². The van der Waals surface area contributed by atoms with Gasteiger partial charge in [0.2, 0.25) is 0 Å². The standard InChI is InChI=1S/C16H16N2O/c1-2-15(18)12-7-9-14(10-8-12)19-16-6-4-3-5-13(16)11-17/h3-10,15H,2,18H2,1H3/t15-/m0/s1. The van der Waals surface area contributed by atoms with E-state index in [2.05, 4.69) is 13.0 Å². The van der Waals surface area contributed by atoms with E-state index < -0.39 is 0 Å². The van der Waals surface area contributed by atoms with E-state index in [0.717, 1.165) is 12.0 Å². The summed E-state index contributed by atoms with van der Waals surface area (Å²) in [5.41, 5.74) is 7.57. The lowest BCUT2D eigenvalue weighted by Crippen LogP contribution is -2.08. The van der Waals surface area contributed by atoms with Gasteiger partial charge in [0, 0.05) is 6.04 Å². The second kappa shape index (κ2) is 6.03. The van der Waals surface area contributed by atoms with Gasteiger partial charge in [0.1, 0.15) is 17.6 Å². The minimum absolute atomic E-state index is 0.0560. The van der Waals surface area contributed by atoms with E-state index in [9.17, 15) is 0 Å². The lowest BCUT2D eigenvalue weighted by Gasteiger charge is -2.11. The van der Waals surface area contributed by atoms with E-state index in [-0.39, 0.29) is 6.04 Å². The van der Waals surface area contributed by atoms with Crippen molar-refractivity contribution < 1.29 is 4.74 Å². The first-order valence-electron chi connectivity index (χ1n) is 6.27. The third-order valence-electron chi connectivity index (χ3n) is 2.98. The van der Waals surface area contributed by atoms with Gasteiger partial charge in [-0.1, -0.05) is 31.2 Å². The number of nitriles is 1. The first kappa shape index (κ1) is 13.1. The van der Waals surface area contributed by atoms with Gasteiger partial charge in [-0.15, -0.1) is 0 Å². The van der Waals surface area contributed by atoms with Crippen LogP contribution in [-0.4, -0.2) is 0 Å². The van der Waals surface area contributed by atoms with Crippen molar-refractivity contribution in [2.24, 2.45) is 5.73 Å². The molecule has 1 atom stereocenters. The largest absolute Gasteiger partial charge is 0.456 e. The minimum atomic E-state index is 0.0560. The number of ether oxygens (including phenoxy) is 1. The number of hydrogen-bond donors (Lipinski definition) is 1. The first-order chi connectivity index (χ1) is 9.24. The molecule has 0 amide bonds. The summed E-state index contributed by atoms with van der Waals surface area (Å²) in [7, 11) is 0. The molecule has 2 N–H and O–H groups in total. The van der Waals surface area contributed by atoms with Crippen LogP contribution in [0.1, 0.15) is 30.5 Å². The lowest BCUT2D eigenvalue weighted by molar-refractivity contribution is 0.480. The summed E-state index contributed by atoms with van der Waals surface area (Å²) in [6.45, 7) is 2.05. The molecule has 2 aromatic rings. The number of benzene rings is 2. The van der Waals surface area contributed by atoms with Gasteiger partial charge in [-0.25, -0.2) is 0 Å². The van der Waals surface area contributed by atoms with Gasteiger partial charge in [-0.05, 0) is 36.2 Å². The van der Waals surface area contributed by atoms with Crippen molar-refractivity contribution in [3.05, 3.63) is 59.7 Å². The van der Waals surface area contributed by atoms with Crippen molar-refractivity contribution in [2.75, 3.05) is 0 Å². The Morgan fingerprint density at radius 3 is 2.47 bits per heavy atom. The molecular weight excluding hydrogens is 236 g/mol. The molecule has 0 unspecified atom stereocenters. The van der Waals surface area contributed by atoms with Crippen molar-refractivity contribution >= 4 is 0 Å². The Balaban J connectivity index is 2.18. The number of nitrogens with two attached hydrogens (primary N) is 1. The Labute approximate surface area is 113 Å². The highest BCUT2D eigenvalue weighted by molar-refractivity contribution is 5.45. The molecule has 0 aromatic heterocycles. The van der Waals surface area contributed by atoms with E-state index in [1.807, 2.05) is 36.4 Å². The van der Waals surface area contributed by atoms with Crippen LogP contribution in [0.15, 0.2) is 48.5 Å². The molecular formula is C16H16N2O.